The van der Waals surface area contributed by atoms with Gasteiger partial charge in [0.25, 0.3) is 0 Å². The maximum absolute atomic E-state index is 8.80. The van der Waals surface area contributed by atoms with Crippen LogP contribution in [0.1, 0.15) is 20.3 Å². The van der Waals surface area contributed by atoms with Crippen molar-refractivity contribution in [3.63, 3.8) is 0 Å². The zero-order valence-corrected chi connectivity index (χ0v) is 4.89. The molecule has 0 aliphatic heterocycles. The summed E-state index contributed by atoms with van der Waals surface area (Å²) in [5.41, 5.74) is 0. The molecule has 0 aromatic rings. The van der Waals surface area contributed by atoms with E-state index in [2.05, 4.69) is 13.8 Å². The molecule has 0 amide bonds. The van der Waals surface area contributed by atoms with Crippen molar-refractivity contribution in [1.82, 2.24) is 0 Å². The van der Waals surface area contributed by atoms with Gasteiger partial charge in [0, 0.05) is 0 Å². The molecule has 0 bridgehead atoms. The van der Waals surface area contributed by atoms with Crippen molar-refractivity contribution in [3.05, 3.63) is 0 Å². The third-order valence-corrected chi connectivity index (χ3v) is 1.66. The molecule has 0 aromatic carbocycles. The zero-order chi connectivity index (χ0) is 5.44. The molecule has 1 saturated carbocycles. The van der Waals surface area contributed by atoms with Crippen molar-refractivity contribution in [2.45, 2.75) is 26.4 Å². The van der Waals surface area contributed by atoms with Gasteiger partial charge in [0.15, 0.2) is 0 Å². The average molecular weight is 100 g/mol. The molecular formula is C6H12O. The van der Waals surface area contributed by atoms with Crippen LogP contribution < -0.4 is 0 Å². The van der Waals surface area contributed by atoms with Crippen LogP contribution in [-0.2, 0) is 0 Å². The van der Waals surface area contributed by atoms with Crippen LogP contribution in [0, 0.1) is 11.8 Å². The first-order chi connectivity index (χ1) is 3.22. The molecule has 0 unspecified atom stereocenters. The summed E-state index contributed by atoms with van der Waals surface area (Å²) in [6.45, 7) is 4.31. The normalized spacial score (nSPS) is 39.4. The van der Waals surface area contributed by atoms with Gasteiger partial charge in [0.2, 0.25) is 0 Å². The fourth-order valence-electron chi connectivity index (χ4n) is 0.917. The minimum Gasteiger partial charge on any atom is -0.393 e. The maximum atomic E-state index is 8.80. The summed E-state index contributed by atoms with van der Waals surface area (Å²) in [5, 5.41) is 8.80. The first kappa shape index (κ1) is 5.10. The lowest BCUT2D eigenvalue weighted by Crippen LogP contribution is -1.93. The Balaban J connectivity index is 2.20. The van der Waals surface area contributed by atoms with E-state index >= 15 is 0 Å². The van der Waals surface area contributed by atoms with Gasteiger partial charge in [-0.05, 0) is 18.3 Å². The molecule has 1 heteroatoms. The number of hydrogen-bond acceptors (Lipinski definition) is 1. The van der Waals surface area contributed by atoms with E-state index in [0.717, 1.165) is 6.42 Å². The third-order valence-electron chi connectivity index (χ3n) is 1.66. The lowest BCUT2D eigenvalue weighted by Gasteiger charge is -1.96. The highest BCUT2D eigenvalue weighted by Crippen LogP contribution is 2.36. The Hall–Kier alpha value is -0.0400. The molecule has 1 aliphatic carbocycles. The Morgan fingerprint density at radius 1 is 1.57 bits per heavy atom. The quantitative estimate of drug-likeness (QED) is 0.521. The summed E-state index contributed by atoms with van der Waals surface area (Å²) in [4.78, 5) is 0. The smallest absolute Gasteiger partial charge is 0.0575 e. The molecular weight excluding hydrogens is 88.1 g/mol. The number of rotatable bonds is 1. The van der Waals surface area contributed by atoms with Crippen LogP contribution in [0.2, 0.25) is 0 Å². The highest BCUT2D eigenvalue weighted by molar-refractivity contribution is 4.87. The maximum Gasteiger partial charge on any atom is 0.0575 e. The monoisotopic (exact) mass is 100 g/mol. The molecule has 0 aromatic heterocycles. The molecule has 1 N–H and O–H groups in total. The molecule has 1 aliphatic rings. The van der Waals surface area contributed by atoms with Gasteiger partial charge < -0.3 is 5.11 Å². The fraction of sp³-hybridized carbons (Fsp3) is 1.00. The van der Waals surface area contributed by atoms with Crippen LogP contribution in [0.3, 0.4) is 0 Å². The van der Waals surface area contributed by atoms with Crippen molar-refractivity contribution < 1.29 is 5.11 Å². The van der Waals surface area contributed by atoms with Gasteiger partial charge in [-0.15, -0.1) is 0 Å². The van der Waals surface area contributed by atoms with Crippen LogP contribution in [0.25, 0.3) is 0 Å². The van der Waals surface area contributed by atoms with Crippen molar-refractivity contribution in [2.75, 3.05) is 0 Å². The highest BCUT2D eigenvalue weighted by atomic mass is 16.3. The predicted molar refractivity (Wildman–Crippen MR) is 29.0 cm³/mol. The molecule has 42 valence electrons. The average Bonchev–Trinajstić information content (AvgIpc) is 2.17. The van der Waals surface area contributed by atoms with Crippen molar-refractivity contribution in [3.8, 4) is 0 Å². The largest absolute Gasteiger partial charge is 0.393 e. The van der Waals surface area contributed by atoms with E-state index in [-0.39, 0.29) is 6.10 Å². The standard InChI is InChI=1S/C6H12O/c1-4(2)5-3-6(5)7/h4-7H,3H2,1-2H3/t5-,6-/m1/s1. The molecule has 0 saturated heterocycles. The van der Waals surface area contributed by atoms with Gasteiger partial charge in [-0.3, -0.25) is 0 Å². The number of aliphatic hydroxyl groups excluding tert-OH is 1. The first-order valence-electron chi connectivity index (χ1n) is 2.90. The van der Waals surface area contributed by atoms with Crippen LogP contribution in [0.15, 0.2) is 0 Å². The second-order valence-electron chi connectivity index (χ2n) is 2.71. The van der Waals surface area contributed by atoms with E-state index in [1.165, 1.54) is 0 Å². The van der Waals surface area contributed by atoms with Crippen molar-refractivity contribution in [2.24, 2.45) is 11.8 Å². The zero-order valence-electron chi connectivity index (χ0n) is 4.89. The van der Waals surface area contributed by atoms with Crippen LogP contribution in [-0.4, -0.2) is 11.2 Å². The minimum atomic E-state index is 0.0417. The summed E-state index contributed by atoms with van der Waals surface area (Å²) >= 11 is 0. The summed E-state index contributed by atoms with van der Waals surface area (Å²) in [6.07, 6.45) is 1.08. The number of aliphatic hydroxyl groups is 1. The summed E-state index contributed by atoms with van der Waals surface area (Å²) in [5.74, 6) is 1.31. The molecule has 1 fully saturated rings. The first-order valence-corrected chi connectivity index (χ1v) is 2.90. The van der Waals surface area contributed by atoms with E-state index in [0.29, 0.717) is 11.8 Å². The molecule has 0 spiro atoms. The minimum absolute atomic E-state index is 0.0417. The van der Waals surface area contributed by atoms with E-state index in [4.69, 9.17) is 5.11 Å². The SMILES string of the molecule is CC(C)[C@H]1C[C@H]1O. The van der Waals surface area contributed by atoms with Crippen LogP contribution >= 0.6 is 0 Å². The summed E-state index contributed by atoms with van der Waals surface area (Å²) in [7, 11) is 0. The Morgan fingerprint density at radius 3 is 2.00 bits per heavy atom. The second-order valence-corrected chi connectivity index (χ2v) is 2.71. The lowest BCUT2D eigenvalue weighted by atomic mass is 10.1. The van der Waals surface area contributed by atoms with E-state index in [9.17, 15) is 0 Å². The van der Waals surface area contributed by atoms with Crippen LogP contribution in [0.5, 0.6) is 0 Å². The number of hydrogen-bond donors (Lipinski definition) is 1. The molecule has 2 atom stereocenters. The Morgan fingerprint density at radius 2 is 2.00 bits per heavy atom. The van der Waals surface area contributed by atoms with Crippen LogP contribution in [0.4, 0.5) is 0 Å². The molecule has 0 heterocycles. The van der Waals surface area contributed by atoms with E-state index in [1.807, 2.05) is 0 Å². The summed E-state index contributed by atoms with van der Waals surface area (Å²) < 4.78 is 0. The predicted octanol–water partition coefficient (Wildman–Crippen LogP) is 1.02. The molecule has 0 radical (unpaired) electrons. The van der Waals surface area contributed by atoms with Gasteiger partial charge in [0.05, 0.1) is 6.10 Å². The third kappa shape index (κ3) is 0.942. The van der Waals surface area contributed by atoms with E-state index in [1.54, 1.807) is 0 Å². The fourth-order valence-corrected chi connectivity index (χ4v) is 0.917. The molecule has 1 rings (SSSR count). The molecule has 7 heavy (non-hydrogen) atoms. The topological polar surface area (TPSA) is 20.2 Å². The van der Waals surface area contributed by atoms with Gasteiger partial charge in [0.1, 0.15) is 0 Å². The second kappa shape index (κ2) is 1.48. The Kier molecular flexibility index (Phi) is 1.08. The Labute approximate surface area is 44.4 Å². The van der Waals surface area contributed by atoms with E-state index < -0.39 is 0 Å². The van der Waals surface area contributed by atoms with Gasteiger partial charge in [-0.25, -0.2) is 0 Å². The lowest BCUT2D eigenvalue weighted by molar-refractivity contribution is 0.245. The van der Waals surface area contributed by atoms with Gasteiger partial charge in [-0.2, -0.15) is 0 Å². The van der Waals surface area contributed by atoms with Crippen molar-refractivity contribution in [1.29, 1.82) is 0 Å². The van der Waals surface area contributed by atoms with Gasteiger partial charge >= 0.3 is 0 Å². The summed E-state index contributed by atoms with van der Waals surface area (Å²) in [6, 6.07) is 0. The van der Waals surface area contributed by atoms with Crippen molar-refractivity contribution >= 4 is 0 Å². The molecule has 1 nitrogen and oxygen atoms in total. The highest BCUT2D eigenvalue weighted by Gasteiger charge is 2.37. The Bertz CT molecular complexity index is 68.6. The van der Waals surface area contributed by atoms with Gasteiger partial charge in [-0.1, -0.05) is 13.8 Å².